The topological polar surface area (TPSA) is 29.5 Å². The standard InChI is InChI=1S/C23H46O2/c1-4-5-6-7-8-9-10-11-12-13-14-15-16-17-18-19-20-25-22-23(2,3)21-24/h11-12,24H,4-10,13-22H2,1-3H3/b12-11-. The Balaban J connectivity index is 3.15. The zero-order valence-electron chi connectivity index (χ0n) is 17.5. The molecule has 0 aromatic rings. The zero-order chi connectivity index (χ0) is 18.6. The smallest absolute Gasteiger partial charge is 0.0539 e. The minimum absolute atomic E-state index is 0.0947. The van der Waals surface area contributed by atoms with Crippen LogP contribution < -0.4 is 0 Å². The summed E-state index contributed by atoms with van der Waals surface area (Å²) < 4.78 is 5.64. The molecule has 0 heterocycles. The summed E-state index contributed by atoms with van der Waals surface area (Å²) in [7, 11) is 0. The van der Waals surface area contributed by atoms with Crippen LogP contribution in [0.4, 0.5) is 0 Å². The average molecular weight is 355 g/mol. The maximum atomic E-state index is 9.15. The van der Waals surface area contributed by atoms with E-state index >= 15 is 0 Å². The van der Waals surface area contributed by atoms with E-state index in [1.807, 2.05) is 13.8 Å². The third-order valence-electron chi connectivity index (χ3n) is 4.72. The molecular weight excluding hydrogens is 308 g/mol. The molecule has 0 atom stereocenters. The molecule has 25 heavy (non-hydrogen) atoms. The van der Waals surface area contributed by atoms with Crippen molar-refractivity contribution >= 4 is 0 Å². The van der Waals surface area contributed by atoms with Gasteiger partial charge in [-0.3, -0.25) is 0 Å². The Hall–Kier alpha value is -0.340. The predicted octanol–water partition coefficient (Wildman–Crippen LogP) is 7.06. The normalized spacial score (nSPS) is 12.3. The second-order valence-corrected chi connectivity index (χ2v) is 8.31. The Kier molecular flexibility index (Phi) is 18.2. The van der Waals surface area contributed by atoms with Gasteiger partial charge in [0.1, 0.15) is 0 Å². The largest absolute Gasteiger partial charge is 0.396 e. The molecular formula is C23H46O2. The Labute approximate surface area is 158 Å². The number of hydrogen-bond acceptors (Lipinski definition) is 2. The van der Waals surface area contributed by atoms with E-state index in [4.69, 9.17) is 9.84 Å². The van der Waals surface area contributed by atoms with E-state index in [0.717, 1.165) is 13.0 Å². The van der Waals surface area contributed by atoms with Crippen molar-refractivity contribution in [2.45, 2.75) is 111 Å². The average Bonchev–Trinajstić information content (AvgIpc) is 2.60. The molecule has 2 nitrogen and oxygen atoms in total. The Morgan fingerprint density at radius 2 is 1.20 bits per heavy atom. The summed E-state index contributed by atoms with van der Waals surface area (Å²) >= 11 is 0. The monoisotopic (exact) mass is 354 g/mol. The first-order chi connectivity index (χ1) is 12.1. The van der Waals surface area contributed by atoms with Crippen LogP contribution in [0.2, 0.25) is 0 Å². The molecule has 0 spiro atoms. The molecule has 0 aromatic carbocycles. The molecule has 0 unspecified atom stereocenters. The van der Waals surface area contributed by atoms with Gasteiger partial charge in [0, 0.05) is 12.0 Å². The van der Waals surface area contributed by atoms with Gasteiger partial charge in [-0.2, -0.15) is 0 Å². The molecule has 0 fully saturated rings. The minimum Gasteiger partial charge on any atom is -0.396 e. The number of allylic oxidation sites excluding steroid dienone is 2. The van der Waals surface area contributed by atoms with E-state index in [9.17, 15) is 0 Å². The van der Waals surface area contributed by atoms with Crippen LogP contribution in [-0.2, 0) is 4.74 Å². The summed E-state index contributed by atoms with van der Waals surface area (Å²) in [4.78, 5) is 0. The van der Waals surface area contributed by atoms with Gasteiger partial charge in [0.05, 0.1) is 13.2 Å². The van der Waals surface area contributed by atoms with Crippen LogP contribution in [0.25, 0.3) is 0 Å². The number of rotatable bonds is 19. The number of aliphatic hydroxyl groups excluding tert-OH is 1. The summed E-state index contributed by atoms with van der Waals surface area (Å²) in [5, 5.41) is 9.15. The minimum atomic E-state index is -0.0947. The highest BCUT2D eigenvalue weighted by molar-refractivity contribution is 4.81. The van der Waals surface area contributed by atoms with E-state index in [1.165, 1.54) is 83.5 Å². The summed E-state index contributed by atoms with van der Waals surface area (Å²) in [6.07, 6.45) is 23.5. The van der Waals surface area contributed by atoms with Crippen LogP contribution >= 0.6 is 0 Å². The van der Waals surface area contributed by atoms with Gasteiger partial charge in [-0.05, 0) is 32.1 Å². The van der Waals surface area contributed by atoms with Crippen molar-refractivity contribution in [1.82, 2.24) is 0 Å². The van der Waals surface area contributed by atoms with Crippen LogP contribution in [0.3, 0.4) is 0 Å². The lowest BCUT2D eigenvalue weighted by atomic mass is 9.97. The molecule has 0 rings (SSSR count). The lowest BCUT2D eigenvalue weighted by Crippen LogP contribution is -2.23. The Bertz CT molecular complexity index is 284. The first kappa shape index (κ1) is 24.7. The molecule has 0 aromatic heterocycles. The zero-order valence-corrected chi connectivity index (χ0v) is 17.5. The number of hydrogen-bond donors (Lipinski definition) is 1. The van der Waals surface area contributed by atoms with Crippen molar-refractivity contribution in [2.24, 2.45) is 5.41 Å². The van der Waals surface area contributed by atoms with Gasteiger partial charge in [0.25, 0.3) is 0 Å². The molecule has 150 valence electrons. The number of unbranched alkanes of at least 4 members (excludes halogenated alkanes) is 12. The molecule has 0 aliphatic rings. The van der Waals surface area contributed by atoms with Gasteiger partial charge >= 0.3 is 0 Å². The van der Waals surface area contributed by atoms with Crippen LogP contribution in [0.1, 0.15) is 111 Å². The molecule has 0 saturated heterocycles. The SMILES string of the molecule is CCCCCCCC/C=C\CCCCCCCCOCC(C)(C)CO. The van der Waals surface area contributed by atoms with Crippen LogP contribution in [-0.4, -0.2) is 24.9 Å². The molecule has 0 aliphatic carbocycles. The van der Waals surface area contributed by atoms with Crippen LogP contribution in [0.15, 0.2) is 12.2 Å². The third kappa shape index (κ3) is 19.8. The molecule has 0 bridgehead atoms. The second-order valence-electron chi connectivity index (χ2n) is 8.31. The lowest BCUT2D eigenvalue weighted by molar-refractivity contribution is 0.0265. The quantitative estimate of drug-likeness (QED) is 0.199. The van der Waals surface area contributed by atoms with Crippen molar-refractivity contribution in [3.63, 3.8) is 0 Å². The number of aliphatic hydroxyl groups is 1. The first-order valence-electron chi connectivity index (χ1n) is 11.0. The second kappa shape index (κ2) is 18.5. The van der Waals surface area contributed by atoms with E-state index < -0.39 is 0 Å². The predicted molar refractivity (Wildman–Crippen MR) is 111 cm³/mol. The maximum absolute atomic E-state index is 9.15. The van der Waals surface area contributed by atoms with Crippen LogP contribution in [0.5, 0.6) is 0 Å². The Morgan fingerprint density at radius 3 is 1.72 bits per heavy atom. The highest BCUT2D eigenvalue weighted by Gasteiger charge is 2.15. The maximum Gasteiger partial charge on any atom is 0.0539 e. The van der Waals surface area contributed by atoms with Crippen molar-refractivity contribution in [2.75, 3.05) is 19.8 Å². The van der Waals surface area contributed by atoms with Gasteiger partial charge in [-0.25, -0.2) is 0 Å². The fraction of sp³-hybridized carbons (Fsp3) is 0.913. The molecule has 0 radical (unpaired) electrons. The van der Waals surface area contributed by atoms with Gasteiger partial charge in [-0.1, -0.05) is 90.7 Å². The number of ether oxygens (including phenoxy) is 1. The fourth-order valence-corrected chi connectivity index (χ4v) is 2.85. The molecule has 2 heteroatoms. The summed E-state index contributed by atoms with van der Waals surface area (Å²) in [6.45, 7) is 8.04. The van der Waals surface area contributed by atoms with E-state index in [2.05, 4.69) is 19.1 Å². The lowest BCUT2D eigenvalue weighted by Gasteiger charge is -2.21. The molecule has 0 aliphatic heterocycles. The molecule has 0 saturated carbocycles. The first-order valence-corrected chi connectivity index (χ1v) is 11.0. The van der Waals surface area contributed by atoms with Crippen molar-refractivity contribution < 1.29 is 9.84 Å². The van der Waals surface area contributed by atoms with Gasteiger partial charge in [0.15, 0.2) is 0 Å². The van der Waals surface area contributed by atoms with Crippen molar-refractivity contribution in [1.29, 1.82) is 0 Å². The molecule has 0 amide bonds. The van der Waals surface area contributed by atoms with Gasteiger partial charge < -0.3 is 9.84 Å². The fourth-order valence-electron chi connectivity index (χ4n) is 2.85. The van der Waals surface area contributed by atoms with Crippen molar-refractivity contribution in [3.05, 3.63) is 12.2 Å². The van der Waals surface area contributed by atoms with Crippen molar-refractivity contribution in [3.8, 4) is 0 Å². The molecule has 1 N–H and O–H groups in total. The highest BCUT2D eigenvalue weighted by atomic mass is 16.5. The highest BCUT2D eigenvalue weighted by Crippen LogP contribution is 2.14. The Morgan fingerprint density at radius 1 is 0.720 bits per heavy atom. The summed E-state index contributed by atoms with van der Waals surface area (Å²) in [5.41, 5.74) is -0.0947. The van der Waals surface area contributed by atoms with E-state index in [-0.39, 0.29) is 12.0 Å². The van der Waals surface area contributed by atoms with Crippen LogP contribution in [0, 0.1) is 5.41 Å². The van der Waals surface area contributed by atoms with Gasteiger partial charge in [-0.15, -0.1) is 0 Å². The van der Waals surface area contributed by atoms with E-state index in [1.54, 1.807) is 0 Å². The third-order valence-corrected chi connectivity index (χ3v) is 4.72. The van der Waals surface area contributed by atoms with Gasteiger partial charge in [0.2, 0.25) is 0 Å². The summed E-state index contributed by atoms with van der Waals surface area (Å²) in [6, 6.07) is 0. The van der Waals surface area contributed by atoms with E-state index in [0.29, 0.717) is 6.61 Å². The summed E-state index contributed by atoms with van der Waals surface area (Å²) in [5.74, 6) is 0.